The van der Waals surface area contributed by atoms with E-state index >= 15 is 0 Å². The predicted molar refractivity (Wildman–Crippen MR) is 103 cm³/mol. The molecule has 8 heteroatoms. The minimum atomic E-state index is -0.128. The second-order valence-electron chi connectivity index (χ2n) is 6.97. The monoisotopic (exact) mass is 370 g/mol. The number of carbonyl (C=O) groups excluding carboxylic acids is 2. The summed E-state index contributed by atoms with van der Waals surface area (Å²) in [6.45, 7) is 3.56. The van der Waals surface area contributed by atoms with Crippen molar-refractivity contribution in [2.75, 3.05) is 38.6 Å². The third kappa shape index (κ3) is 3.94. The van der Waals surface area contributed by atoms with Crippen LogP contribution in [0, 0.1) is 5.92 Å². The maximum absolute atomic E-state index is 12.9. The van der Waals surface area contributed by atoms with Gasteiger partial charge in [0, 0.05) is 51.9 Å². The Bertz CT molecular complexity index is 844. The van der Waals surface area contributed by atoms with Gasteiger partial charge in [0.05, 0.1) is 5.92 Å². The van der Waals surface area contributed by atoms with Crippen LogP contribution in [0.5, 0.6) is 0 Å². The highest BCUT2D eigenvalue weighted by Gasteiger charge is 2.31. The Balaban J connectivity index is 1.77. The maximum Gasteiger partial charge on any atom is 0.253 e. The summed E-state index contributed by atoms with van der Waals surface area (Å²) in [5.41, 5.74) is 1.38. The van der Waals surface area contributed by atoms with Crippen LogP contribution in [0.4, 0.5) is 5.95 Å². The van der Waals surface area contributed by atoms with Crippen molar-refractivity contribution >= 4 is 17.8 Å². The van der Waals surface area contributed by atoms with Crippen LogP contribution in [0.3, 0.4) is 0 Å². The standard InChI is InChI=1S/C19H26N6O2/c1-5-20-17(26)15-9-10-25(12-15)18(27)14-8-6-7-13(11-14)16-21-19(23(2)3)24(4)22-16/h6-8,11,15H,5,9-10,12H2,1-4H3,(H,20,26)/t15-/m0/s1. The molecule has 0 bridgehead atoms. The lowest BCUT2D eigenvalue weighted by molar-refractivity contribution is -0.124. The normalized spacial score (nSPS) is 16.4. The maximum atomic E-state index is 12.9. The lowest BCUT2D eigenvalue weighted by Crippen LogP contribution is -2.34. The van der Waals surface area contributed by atoms with Crippen molar-refractivity contribution in [2.45, 2.75) is 13.3 Å². The molecule has 1 aromatic carbocycles. The van der Waals surface area contributed by atoms with Crippen molar-refractivity contribution in [1.29, 1.82) is 0 Å². The predicted octanol–water partition coefficient (Wildman–Crippen LogP) is 1.15. The van der Waals surface area contributed by atoms with Gasteiger partial charge in [-0.05, 0) is 25.5 Å². The van der Waals surface area contributed by atoms with Crippen LogP contribution in [-0.2, 0) is 11.8 Å². The van der Waals surface area contributed by atoms with Crippen molar-refractivity contribution in [3.8, 4) is 11.4 Å². The number of nitrogens with one attached hydrogen (secondary N) is 1. The Morgan fingerprint density at radius 2 is 2.11 bits per heavy atom. The highest BCUT2D eigenvalue weighted by molar-refractivity contribution is 5.96. The molecule has 1 N–H and O–H groups in total. The molecule has 1 aromatic heterocycles. The quantitative estimate of drug-likeness (QED) is 0.854. The van der Waals surface area contributed by atoms with Crippen LogP contribution in [0.1, 0.15) is 23.7 Å². The number of aromatic nitrogens is 3. The molecule has 1 fully saturated rings. The summed E-state index contributed by atoms with van der Waals surface area (Å²) in [6.07, 6.45) is 0.700. The first-order valence-electron chi connectivity index (χ1n) is 9.16. The van der Waals surface area contributed by atoms with Crippen molar-refractivity contribution in [1.82, 2.24) is 25.0 Å². The van der Waals surface area contributed by atoms with Crippen LogP contribution in [0.2, 0.25) is 0 Å². The van der Waals surface area contributed by atoms with Crippen LogP contribution >= 0.6 is 0 Å². The first-order valence-corrected chi connectivity index (χ1v) is 9.16. The average Bonchev–Trinajstić information content (AvgIpc) is 3.28. The molecular weight excluding hydrogens is 344 g/mol. The molecule has 2 aromatic rings. The number of likely N-dealkylation sites (tertiary alicyclic amines) is 1. The van der Waals surface area contributed by atoms with Gasteiger partial charge in [-0.3, -0.25) is 9.59 Å². The van der Waals surface area contributed by atoms with Gasteiger partial charge in [-0.25, -0.2) is 4.68 Å². The number of hydrogen-bond donors (Lipinski definition) is 1. The molecule has 3 rings (SSSR count). The fourth-order valence-electron chi connectivity index (χ4n) is 3.34. The fourth-order valence-corrected chi connectivity index (χ4v) is 3.34. The largest absolute Gasteiger partial charge is 0.356 e. The number of benzene rings is 1. The van der Waals surface area contributed by atoms with E-state index in [-0.39, 0.29) is 17.7 Å². The lowest BCUT2D eigenvalue weighted by Gasteiger charge is -2.16. The molecule has 0 radical (unpaired) electrons. The van der Waals surface area contributed by atoms with Gasteiger partial charge in [0.15, 0.2) is 5.82 Å². The van der Waals surface area contributed by atoms with Crippen molar-refractivity contribution in [2.24, 2.45) is 13.0 Å². The summed E-state index contributed by atoms with van der Waals surface area (Å²) in [4.78, 5) is 33.0. The number of anilines is 1. The molecule has 2 heterocycles. The average molecular weight is 370 g/mol. The van der Waals surface area contributed by atoms with Gasteiger partial charge in [0.2, 0.25) is 11.9 Å². The van der Waals surface area contributed by atoms with E-state index < -0.39 is 0 Å². The van der Waals surface area contributed by atoms with Gasteiger partial charge in [-0.2, -0.15) is 4.98 Å². The molecule has 27 heavy (non-hydrogen) atoms. The van der Waals surface area contributed by atoms with E-state index in [1.807, 2.05) is 51.2 Å². The molecule has 0 spiro atoms. The summed E-state index contributed by atoms with van der Waals surface area (Å²) in [5.74, 6) is 1.16. The molecular formula is C19H26N6O2. The summed E-state index contributed by atoms with van der Waals surface area (Å²) in [5, 5.41) is 7.28. The van der Waals surface area contributed by atoms with Gasteiger partial charge in [0.25, 0.3) is 5.91 Å². The molecule has 8 nitrogen and oxygen atoms in total. The zero-order valence-electron chi connectivity index (χ0n) is 16.3. The first-order chi connectivity index (χ1) is 12.9. The molecule has 1 atom stereocenters. The van der Waals surface area contributed by atoms with E-state index in [4.69, 9.17) is 0 Å². The van der Waals surface area contributed by atoms with E-state index in [0.717, 1.165) is 11.5 Å². The van der Waals surface area contributed by atoms with E-state index in [0.29, 0.717) is 37.4 Å². The van der Waals surface area contributed by atoms with Crippen LogP contribution < -0.4 is 10.2 Å². The topological polar surface area (TPSA) is 83.4 Å². The van der Waals surface area contributed by atoms with Gasteiger partial charge in [0.1, 0.15) is 0 Å². The summed E-state index contributed by atoms with van der Waals surface area (Å²) in [7, 11) is 5.66. The van der Waals surface area contributed by atoms with Crippen molar-refractivity contribution in [3.63, 3.8) is 0 Å². The van der Waals surface area contributed by atoms with E-state index in [9.17, 15) is 9.59 Å². The number of rotatable bonds is 5. The van der Waals surface area contributed by atoms with E-state index in [2.05, 4.69) is 15.4 Å². The Morgan fingerprint density at radius 3 is 2.78 bits per heavy atom. The molecule has 0 aliphatic carbocycles. The third-order valence-electron chi connectivity index (χ3n) is 4.71. The molecule has 1 saturated heterocycles. The Labute approximate surface area is 159 Å². The van der Waals surface area contributed by atoms with Gasteiger partial charge in [-0.1, -0.05) is 12.1 Å². The molecule has 0 saturated carbocycles. The Morgan fingerprint density at radius 1 is 1.33 bits per heavy atom. The number of carbonyl (C=O) groups is 2. The minimum absolute atomic E-state index is 0.0236. The highest BCUT2D eigenvalue weighted by Crippen LogP contribution is 2.23. The molecule has 0 unspecified atom stereocenters. The number of nitrogens with zero attached hydrogens (tertiary/aromatic N) is 5. The second-order valence-corrected chi connectivity index (χ2v) is 6.97. The Hall–Kier alpha value is -2.90. The molecule has 1 aliphatic heterocycles. The molecule has 144 valence electrons. The third-order valence-corrected chi connectivity index (χ3v) is 4.71. The number of hydrogen-bond acceptors (Lipinski definition) is 5. The van der Waals surface area contributed by atoms with Crippen LogP contribution in [-0.4, -0.2) is 65.2 Å². The zero-order chi connectivity index (χ0) is 19.6. The van der Waals surface area contributed by atoms with Gasteiger partial charge in [-0.15, -0.1) is 5.10 Å². The summed E-state index contributed by atoms with van der Waals surface area (Å²) < 4.78 is 1.71. The van der Waals surface area contributed by atoms with E-state index in [1.54, 1.807) is 15.6 Å². The lowest BCUT2D eigenvalue weighted by atomic mass is 10.1. The minimum Gasteiger partial charge on any atom is -0.356 e. The zero-order valence-corrected chi connectivity index (χ0v) is 16.3. The van der Waals surface area contributed by atoms with Crippen LogP contribution in [0.25, 0.3) is 11.4 Å². The first kappa shape index (κ1) is 18.9. The summed E-state index contributed by atoms with van der Waals surface area (Å²) >= 11 is 0. The second kappa shape index (κ2) is 7.77. The smallest absolute Gasteiger partial charge is 0.253 e. The van der Waals surface area contributed by atoms with Crippen LogP contribution in [0.15, 0.2) is 24.3 Å². The van der Waals surface area contributed by atoms with Gasteiger partial charge < -0.3 is 15.1 Å². The van der Waals surface area contributed by atoms with Crippen molar-refractivity contribution < 1.29 is 9.59 Å². The SMILES string of the molecule is CCNC(=O)[C@H]1CCN(C(=O)c2cccc(-c3nc(N(C)C)n(C)n3)c2)C1. The Kier molecular flexibility index (Phi) is 5.43. The van der Waals surface area contributed by atoms with E-state index in [1.165, 1.54) is 0 Å². The summed E-state index contributed by atoms with van der Waals surface area (Å²) in [6, 6.07) is 7.34. The highest BCUT2D eigenvalue weighted by atomic mass is 16.2. The van der Waals surface area contributed by atoms with Gasteiger partial charge >= 0.3 is 0 Å². The number of amides is 2. The number of aryl methyl sites for hydroxylation is 1. The van der Waals surface area contributed by atoms with Crippen molar-refractivity contribution in [3.05, 3.63) is 29.8 Å². The fraction of sp³-hybridized carbons (Fsp3) is 0.474. The molecule has 1 aliphatic rings. The molecule has 2 amide bonds.